The highest BCUT2D eigenvalue weighted by Gasteiger charge is 2.02. The third kappa shape index (κ3) is 7.36. The molecule has 0 radical (unpaired) electrons. The van der Waals surface area contributed by atoms with Crippen molar-refractivity contribution < 1.29 is 14.2 Å². The first-order chi connectivity index (χ1) is 9.88. The van der Waals surface area contributed by atoms with Gasteiger partial charge in [0.1, 0.15) is 6.61 Å². The lowest BCUT2D eigenvalue weighted by Gasteiger charge is -2.12. The number of nitrogens with one attached hydrogen (secondary N) is 1. The number of benzene rings is 1. The van der Waals surface area contributed by atoms with E-state index in [0.717, 1.165) is 50.6 Å². The van der Waals surface area contributed by atoms with Crippen molar-refractivity contribution in [1.29, 1.82) is 0 Å². The molecule has 0 aromatic heterocycles. The van der Waals surface area contributed by atoms with Crippen LogP contribution in [0.15, 0.2) is 24.3 Å². The van der Waals surface area contributed by atoms with Crippen molar-refractivity contribution in [1.82, 2.24) is 5.32 Å². The second-order valence-electron chi connectivity index (χ2n) is 4.44. The van der Waals surface area contributed by atoms with Crippen LogP contribution in [0.3, 0.4) is 0 Å². The summed E-state index contributed by atoms with van der Waals surface area (Å²) in [5.41, 5.74) is 0. The van der Waals surface area contributed by atoms with Gasteiger partial charge < -0.3 is 19.5 Å². The van der Waals surface area contributed by atoms with Crippen LogP contribution in [0.1, 0.15) is 26.7 Å². The molecular formula is C16H27NO3. The van der Waals surface area contributed by atoms with Crippen molar-refractivity contribution in [3.8, 4) is 11.5 Å². The fourth-order valence-electron chi connectivity index (χ4n) is 1.75. The van der Waals surface area contributed by atoms with Crippen molar-refractivity contribution in [3.05, 3.63) is 24.3 Å². The number of hydrogen-bond donors (Lipinski definition) is 1. The molecule has 1 aromatic carbocycles. The van der Waals surface area contributed by atoms with Crippen LogP contribution in [0.2, 0.25) is 0 Å². The molecule has 0 aliphatic carbocycles. The van der Waals surface area contributed by atoms with Gasteiger partial charge in [0, 0.05) is 19.8 Å². The molecule has 0 unspecified atom stereocenters. The lowest BCUT2D eigenvalue weighted by atomic mass is 10.3. The minimum Gasteiger partial charge on any atom is -0.490 e. The smallest absolute Gasteiger partial charge is 0.161 e. The summed E-state index contributed by atoms with van der Waals surface area (Å²) >= 11 is 0. The topological polar surface area (TPSA) is 39.7 Å². The van der Waals surface area contributed by atoms with Gasteiger partial charge in [-0.1, -0.05) is 19.1 Å². The van der Waals surface area contributed by atoms with E-state index in [4.69, 9.17) is 14.2 Å². The highest BCUT2D eigenvalue weighted by molar-refractivity contribution is 5.39. The Morgan fingerprint density at radius 2 is 1.65 bits per heavy atom. The minimum atomic E-state index is 0.639. The second-order valence-corrected chi connectivity index (χ2v) is 4.44. The highest BCUT2D eigenvalue weighted by atomic mass is 16.5. The van der Waals surface area contributed by atoms with Crippen LogP contribution in [0.25, 0.3) is 0 Å². The summed E-state index contributed by atoms with van der Waals surface area (Å²) in [5.74, 6) is 1.62. The SMILES string of the molecule is CCCOCCCNCCOc1ccccc1OCC. The Labute approximate surface area is 122 Å². The highest BCUT2D eigenvalue weighted by Crippen LogP contribution is 2.25. The van der Waals surface area contributed by atoms with Crippen LogP contribution in [0, 0.1) is 0 Å². The van der Waals surface area contributed by atoms with E-state index in [1.807, 2.05) is 31.2 Å². The van der Waals surface area contributed by atoms with E-state index in [-0.39, 0.29) is 0 Å². The lowest BCUT2D eigenvalue weighted by molar-refractivity contribution is 0.132. The van der Waals surface area contributed by atoms with Crippen LogP contribution < -0.4 is 14.8 Å². The van der Waals surface area contributed by atoms with Crippen LogP contribution >= 0.6 is 0 Å². The van der Waals surface area contributed by atoms with Crippen molar-refractivity contribution in [2.45, 2.75) is 26.7 Å². The maximum Gasteiger partial charge on any atom is 0.161 e. The van der Waals surface area contributed by atoms with Crippen LogP contribution in [-0.4, -0.2) is 39.5 Å². The van der Waals surface area contributed by atoms with E-state index in [0.29, 0.717) is 13.2 Å². The average molecular weight is 281 g/mol. The summed E-state index contributed by atoms with van der Waals surface area (Å²) in [6, 6.07) is 7.77. The summed E-state index contributed by atoms with van der Waals surface area (Å²) in [7, 11) is 0. The van der Waals surface area contributed by atoms with Gasteiger partial charge in [-0.05, 0) is 38.4 Å². The van der Waals surface area contributed by atoms with Gasteiger partial charge in [0.25, 0.3) is 0 Å². The number of hydrogen-bond acceptors (Lipinski definition) is 4. The third-order valence-corrected chi connectivity index (χ3v) is 2.68. The first-order valence-electron chi connectivity index (χ1n) is 7.51. The van der Waals surface area contributed by atoms with Crippen molar-refractivity contribution >= 4 is 0 Å². The lowest BCUT2D eigenvalue weighted by Crippen LogP contribution is -2.23. The summed E-state index contributed by atoms with van der Waals surface area (Å²) in [6.07, 6.45) is 2.12. The summed E-state index contributed by atoms with van der Waals surface area (Å²) in [6.45, 7) is 8.85. The quantitative estimate of drug-likeness (QED) is 0.598. The van der Waals surface area contributed by atoms with E-state index in [1.165, 1.54) is 0 Å². The van der Waals surface area contributed by atoms with Gasteiger partial charge in [0.05, 0.1) is 6.61 Å². The fourth-order valence-corrected chi connectivity index (χ4v) is 1.75. The molecule has 0 heterocycles. The molecule has 0 bridgehead atoms. The van der Waals surface area contributed by atoms with Gasteiger partial charge in [0.15, 0.2) is 11.5 Å². The molecule has 0 aliphatic heterocycles. The van der Waals surface area contributed by atoms with E-state index in [2.05, 4.69) is 12.2 Å². The minimum absolute atomic E-state index is 0.639. The fraction of sp³-hybridized carbons (Fsp3) is 0.625. The van der Waals surface area contributed by atoms with Gasteiger partial charge in [-0.15, -0.1) is 0 Å². The van der Waals surface area contributed by atoms with Gasteiger partial charge in [-0.3, -0.25) is 0 Å². The zero-order valence-corrected chi connectivity index (χ0v) is 12.7. The molecule has 1 N–H and O–H groups in total. The Hall–Kier alpha value is -1.26. The average Bonchev–Trinajstić information content (AvgIpc) is 2.47. The Morgan fingerprint density at radius 3 is 2.35 bits per heavy atom. The molecule has 0 saturated heterocycles. The molecule has 0 saturated carbocycles. The zero-order chi connectivity index (χ0) is 14.5. The molecule has 0 aliphatic rings. The molecule has 20 heavy (non-hydrogen) atoms. The summed E-state index contributed by atoms with van der Waals surface area (Å²) in [5, 5.41) is 3.34. The molecule has 1 rings (SSSR count). The molecule has 4 heteroatoms. The Bertz CT molecular complexity index is 344. The predicted octanol–water partition coefficient (Wildman–Crippen LogP) is 2.87. The molecule has 0 atom stereocenters. The van der Waals surface area contributed by atoms with Gasteiger partial charge in [-0.25, -0.2) is 0 Å². The van der Waals surface area contributed by atoms with Gasteiger partial charge in [-0.2, -0.15) is 0 Å². The number of para-hydroxylation sites is 2. The molecule has 0 fully saturated rings. The van der Waals surface area contributed by atoms with E-state index >= 15 is 0 Å². The number of ether oxygens (including phenoxy) is 3. The van der Waals surface area contributed by atoms with E-state index in [1.54, 1.807) is 0 Å². The zero-order valence-electron chi connectivity index (χ0n) is 12.7. The summed E-state index contributed by atoms with van der Waals surface area (Å²) < 4.78 is 16.6. The second kappa shape index (κ2) is 11.6. The van der Waals surface area contributed by atoms with Gasteiger partial charge in [0.2, 0.25) is 0 Å². The van der Waals surface area contributed by atoms with Crippen LogP contribution in [0.5, 0.6) is 11.5 Å². The monoisotopic (exact) mass is 281 g/mol. The molecule has 0 spiro atoms. The largest absolute Gasteiger partial charge is 0.490 e. The number of rotatable bonds is 12. The molecule has 0 amide bonds. The summed E-state index contributed by atoms with van der Waals surface area (Å²) in [4.78, 5) is 0. The Kier molecular flexibility index (Phi) is 9.70. The Balaban J connectivity index is 2.06. The maximum absolute atomic E-state index is 5.72. The van der Waals surface area contributed by atoms with Crippen molar-refractivity contribution in [3.63, 3.8) is 0 Å². The van der Waals surface area contributed by atoms with Crippen LogP contribution in [0.4, 0.5) is 0 Å². The van der Waals surface area contributed by atoms with Gasteiger partial charge >= 0.3 is 0 Å². The molecule has 114 valence electrons. The third-order valence-electron chi connectivity index (χ3n) is 2.68. The normalized spacial score (nSPS) is 10.5. The van der Waals surface area contributed by atoms with Crippen LogP contribution in [-0.2, 0) is 4.74 Å². The first-order valence-corrected chi connectivity index (χ1v) is 7.51. The van der Waals surface area contributed by atoms with E-state index in [9.17, 15) is 0 Å². The maximum atomic E-state index is 5.72. The van der Waals surface area contributed by atoms with Crippen molar-refractivity contribution in [2.75, 3.05) is 39.5 Å². The predicted molar refractivity (Wildman–Crippen MR) is 81.7 cm³/mol. The molecule has 4 nitrogen and oxygen atoms in total. The first kappa shape index (κ1) is 16.8. The Morgan fingerprint density at radius 1 is 0.900 bits per heavy atom. The molecule has 1 aromatic rings. The van der Waals surface area contributed by atoms with E-state index < -0.39 is 0 Å². The van der Waals surface area contributed by atoms with Crippen molar-refractivity contribution in [2.24, 2.45) is 0 Å². The molecular weight excluding hydrogens is 254 g/mol. The standard InChI is InChI=1S/C16H27NO3/c1-3-12-18-13-7-10-17-11-14-20-16-9-6-5-8-15(16)19-4-2/h5-6,8-9,17H,3-4,7,10-14H2,1-2H3.